The zero-order valence-corrected chi connectivity index (χ0v) is 6.65. The third kappa shape index (κ3) is 4.48. The Morgan fingerprint density at radius 3 is 2.67 bits per heavy atom. The fourth-order valence-electron chi connectivity index (χ4n) is 0.347. The third-order valence-corrected chi connectivity index (χ3v) is 1.21. The van der Waals surface area contributed by atoms with Crippen LogP contribution in [0.15, 0.2) is 0 Å². The van der Waals surface area contributed by atoms with Gasteiger partial charge in [0.15, 0.2) is 5.78 Å². The molecule has 0 N–H and O–H groups in total. The summed E-state index contributed by atoms with van der Waals surface area (Å²) < 4.78 is 5.03. The highest BCUT2D eigenvalue weighted by atomic mass is 32.1. The van der Waals surface area contributed by atoms with Crippen molar-refractivity contribution in [2.45, 2.75) is 20.0 Å². The summed E-state index contributed by atoms with van der Waals surface area (Å²) in [7, 11) is 0. The second-order valence-electron chi connectivity index (χ2n) is 1.85. The number of Topliss-reactive ketones (excluding diaryl/α,β-unsaturated/α-hetero) is 1. The van der Waals surface area contributed by atoms with Crippen molar-refractivity contribution in [2.75, 3.05) is 12.4 Å². The number of rotatable bonds is 4. The second-order valence-corrected chi connectivity index (χ2v) is 2.29. The molecular formula is C6H12O2S. The van der Waals surface area contributed by atoms with Crippen LogP contribution in [-0.4, -0.2) is 24.2 Å². The lowest BCUT2D eigenvalue weighted by molar-refractivity contribution is -0.126. The van der Waals surface area contributed by atoms with Crippen molar-refractivity contribution in [3.05, 3.63) is 0 Å². The molecule has 0 amide bonds. The highest BCUT2D eigenvalue weighted by molar-refractivity contribution is 7.80. The van der Waals surface area contributed by atoms with Gasteiger partial charge in [-0.25, -0.2) is 0 Å². The Hall–Kier alpha value is -0.0200. The fraction of sp³-hybridized carbons (Fsp3) is 0.833. The molecule has 9 heavy (non-hydrogen) atoms. The Morgan fingerprint density at radius 2 is 2.33 bits per heavy atom. The lowest BCUT2D eigenvalue weighted by atomic mass is 10.3. The van der Waals surface area contributed by atoms with Crippen LogP contribution in [0.3, 0.4) is 0 Å². The topological polar surface area (TPSA) is 26.3 Å². The van der Waals surface area contributed by atoms with Gasteiger partial charge in [0.2, 0.25) is 0 Å². The molecule has 0 saturated heterocycles. The monoisotopic (exact) mass is 148 g/mol. The molecule has 0 aromatic heterocycles. The Balaban J connectivity index is 3.27. The molecule has 3 heteroatoms. The molecule has 2 nitrogen and oxygen atoms in total. The van der Waals surface area contributed by atoms with Gasteiger partial charge in [0.1, 0.15) is 6.10 Å². The molecule has 0 saturated carbocycles. The number of hydrogen-bond acceptors (Lipinski definition) is 3. The van der Waals surface area contributed by atoms with E-state index in [1.807, 2.05) is 0 Å². The fourth-order valence-corrected chi connectivity index (χ4v) is 0.452. The highest BCUT2D eigenvalue weighted by Crippen LogP contribution is 1.91. The molecule has 0 unspecified atom stereocenters. The summed E-state index contributed by atoms with van der Waals surface area (Å²) in [6, 6.07) is 0. The van der Waals surface area contributed by atoms with Gasteiger partial charge in [-0.2, -0.15) is 12.6 Å². The lowest BCUT2D eigenvalue weighted by Crippen LogP contribution is -2.18. The van der Waals surface area contributed by atoms with Gasteiger partial charge in [0.25, 0.3) is 0 Å². The minimum atomic E-state index is -0.267. The number of ether oxygens (including phenoxy) is 1. The zero-order valence-electron chi connectivity index (χ0n) is 5.76. The Bertz CT molecular complexity index is 93.1. The maximum atomic E-state index is 10.5. The predicted octanol–water partition coefficient (Wildman–Crippen LogP) is 0.910. The molecule has 0 heterocycles. The number of hydrogen-bond donors (Lipinski definition) is 1. The second kappa shape index (κ2) is 4.82. The lowest BCUT2D eigenvalue weighted by Gasteiger charge is -2.06. The van der Waals surface area contributed by atoms with E-state index in [9.17, 15) is 4.79 Å². The van der Waals surface area contributed by atoms with Gasteiger partial charge in [0.05, 0.1) is 6.61 Å². The smallest absolute Gasteiger partial charge is 0.158 e. The third-order valence-electron chi connectivity index (χ3n) is 1.03. The van der Waals surface area contributed by atoms with Crippen LogP contribution in [0.25, 0.3) is 0 Å². The number of carbonyl (C=O) groups excluding carboxylic acids is 1. The van der Waals surface area contributed by atoms with Crippen molar-refractivity contribution < 1.29 is 9.53 Å². The van der Waals surface area contributed by atoms with Crippen LogP contribution in [0.5, 0.6) is 0 Å². The van der Waals surface area contributed by atoms with E-state index in [0.717, 1.165) is 0 Å². The minimum absolute atomic E-state index is 0.0665. The molecule has 0 aromatic carbocycles. The predicted molar refractivity (Wildman–Crippen MR) is 39.9 cm³/mol. The van der Waals surface area contributed by atoms with Crippen LogP contribution in [0, 0.1) is 0 Å². The van der Waals surface area contributed by atoms with Crippen LogP contribution in [0.2, 0.25) is 0 Å². The van der Waals surface area contributed by atoms with Gasteiger partial charge >= 0.3 is 0 Å². The van der Waals surface area contributed by atoms with Crippen LogP contribution in [-0.2, 0) is 9.53 Å². The van der Waals surface area contributed by atoms with Crippen molar-refractivity contribution in [3.8, 4) is 0 Å². The summed E-state index contributed by atoms with van der Waals surface area (Å²) in [5.41, 5.74) is 0. The normalized spacial score (nSPS) is 13.2. The average Bonchev–Trinajstić information content (AvgIpc) is 1.82. The van der Waals surface area contributed by atoms with E-state index in [1.54, 1.807) is 6.92 Å². The summed E-state index contributed by atoms with van der Waals surface area (Å²) >= 11 is 3.93. The minimum Gasteiger partial charge on any atom is -0.370 e. The molecule has 1 atom stereocenters. The maximum Gasteiger partial charge on any atom is 0.158 e. The Morgan fingerprint density at radius 1 is 1.78 bits per heavy atom. The zero-order chi connectivity index (χ0) is 7.28. The largest absolute Gasteiger partial charge is 0.370 e. The molecule has 54 valence electrons. The molecule has 0 aromatic rings. The summed E-state index contributed by atoms with van der Waals surface area (Å²) in [5.74, 6) is 0.731. The molecule has 0 aliphatic carbocycles. The van der Waals surface area contributed by atoms with Crippen molar-refractivity contribution in [3.63, 3.8) is 0 Å². The molecule has 0 fully saturated rings. The molecule has 0 radical (unpaired) electrons. The van der Waals surface area contributed by atoms with Gasteiger partial charge < -0.3 is 4.74 Å². The van der Waals surface area contributed by atoms with Gasteiger partial charge in [-0.1, -0.05) is 0 Å². The first-order valence-electron chi connectivity index (χ1n) is 2.91. The van der Waals surface area contributed by atoms with Crippen LogP contribution in [0.4, 0.5) is 0 Å². The van der Waals surface area contributed by atoms with Crippen molar-refractivity contribution >= 4 is 18.4 Å². The first kappa shape index (κ1) is 8.98. The molecule has 0 spiro atoms. The van der Waals surface area contributed by atoms with E-state index in [0.29, 0.717) is 12.4 Å². The molecule has 0 aliphatic rings. The Kier molecular flexibility index (Phi) is 4.81. The van der Waals surface area contributed by atoms with Crippen molar-refractivity contribution in [2.24, 2.45) is 0 Å². The van der Waals surface area contributed by atoms with Crippen LogP contribution >= 0.6 is 12.6 Å². The quantitative estimate of drug-likeness (QED) is 0.600. The van der Waals surface area contributed by atoms with E-state index in [1.165, 1.54) is 6.92 Å². The number of ketones is 1. The summed E-state index contributed by atoms with van der Waals surface area (Å²) in [6.45, 7) is 3.80. The van der Waals surface area contributed by atoms with E-state index >= 15 is 0 Å². The van der Waals surface area contributed by atoms with E-state index in [2.05, 4.69) is 12.6 Å². The van der Waals surface area contributed by atoms with Gasteiger partial charge in [-0.15, -0.1) is 0 Å². The molecule has 0 bridgehead atoms. The molecular weight excluding hydrogens is 136 g/mol. The van der Waals surface area contributed by atoms with Crippen LogP contribution in [0.1, 0.15) is 13.8 Å². The summed E-state index contributed by atoms with van der Waals surface area (Å²) in [6.07, 6.45) is -0.267. The van der Waals surface area contributed by atoms with E-state index in [-0.39, 0.29) is 11.9 Å². The van der Waals surface area contributed by atoms with E-state index < -0.39 is 0 Å². The van der Waals surface area contributed by atoms with Gasteiger partial charge in [0, 0.05) is 5.75 Å². The standard InChI is InChI=1S/C6H12O2S/c1-5(7)6(2)8-3-4-9/h6,9H,3-4H2,1-2H3/t6-/m0/s1. The van der Waals surface area contributed by atoms with E-state index in [4.69, 9.17) is 4.74 Å². The maximum absolute atomic E-state index is 10.5. The van der Waals surface area contributed by atoms with Gasteiger partial charge in [-0.3, -0.25) is 4.79 Å². The summed E-state index contributed by atoms with van der Waals surface area (Å²) in [4.78, 5) is 10.5. The average molecular weight is 148 g/mol. The summed E-state index contributed by atoms with van der Waals surface area (Å²) in [5, 5.41) is 0. The first-order valence-corrected chi connectivity index (χ1v) is 3.54. The molecule has 0 aliphatic heterocycles. The van der Waals surface area contributed by atoms with Gasteiger partial charge in [-0.05, 0) is 13.8 Å². The van der Waals surface area contributed by atoms with Crippen LogP contribution < -0.4 is 0 Å². The molecule has 0 rings (SSSR count). The Labute approximate surface area is 61.0 Å². The highest BCUT2D eigenvalue weighted by Gasteiger charge is 2.04. The first-order chi connectivity index (χ1) is 4.18. The number of carbonyl (C=O) groups is 1. The number of thiol groups is 1. The SMILES string of the molecule is CC(=O)[C@H](C)OCCS. The van der Waals surface area contributed by atoms with Crippen molar-refractivity contribution in [1.82, 2.24) is 0 Å². The van der Waals surface area contributed by atoms with Crippen molar-refractivity contribution in [1.29, 1.82) is 0 Å².